The van der Waals surface area contributed by atoms with Crippen molar-refractivity contribution in [2.75, 3.05) is 0 Å². The van der Waals surface area contributed by atoms with Gasteiger partial charge in [-0.25, -0.2) is 0 Å². The lowest BCUT2D eigenvalue weighted by atomic mass is 10.0. The molecule has 0 aliphatic rings. The molecule has 0 atom stereocenters. The molecular weight excluding hydrogens is 419 g/mol. The predicted octanol–water partition coefficient (Wildman–Crippen LogP) is 5.36. The summed E-state index contributed by atoms with van der Waals surface area (Å²) in [5.41, 5.74) is 6.09. The van der Waals surface area contributed by atoms with Crippen molar-refractivity contribution >= 4 is 27.7 Å². The summed E-state index contributed by atoms with van der Waals surface area (Å²) in [5.74, 6) is -0.754. The van der Waals surface area contributed by atoms with Crippen LogP contribution in [-0.2, 0) is 12.7 Å². The van der Waals surface area contributed by atoms with Gasteiger partial charge < -0.3 is 15.0 Å². The number of amides is 1. The SMILES string of the molecule is NC(=O)c1cccc2c1c1[c]cc(C(F)(F)F)cc1n2Cc1ccc(OC(F)F)cc1. The van der Waals surface area contributed by atoms with Crippen molar-refractivity contribution < 1.29 is 31.5 Å². The van der Waals surface area contributed by atoms with Crippen molar-refractivity contribution in [3.63, 3.8) is 0 Å². The van der Waals surface area contributed by atoms with E-state index in [1.165, 1.54) is 30.3 Å². The first kappa shape index (κ1) is 20.6. The van der Waals surface area contributed by atoms with Crippen molar-refractivity contribution in [1.82, 2.24) is 4.57 Å². The van der Waals surface area contributed by atoms with E-state index >= 15 is 0 Å². The van der Waals surface area contributed by atoms with Crippen LogP contribution in [0.1, 0.15) is 21.5 Å². The summed E-state index contributed by atoms with van der Waals surface area (Å²) in [6.07, 6.45) is -4.58. The van der Waals surface area contributed by atoms with Crippen LogP contribution in [0.15, 0.2) is 54.6 Å². The third-order valence-electron chi connectivity index (χ3n) is 4.88. The summed E-state index contributed by atoms with van der Waals surface area (Å²) in [7, 11) is 0. The highest BCUT2D eigenvalue weighted by Crippen LogP contribution is 2.36. The van der Waals surface area contributed by atoms with Crippen LogP contribution in [0.25, 0.3) is 21.8 Å². The van der Waals surface area contributed by atoms with E-state index in [2.05, 4.69) is 10.8 Å². The molecule has 0 fully saturated rings. The number of alkyl halides is 5. The Balaban J connectivity index is 1.91. The van der Waals surface area contributed by atoms with Gasteiger partial charge in [-0.2, -0.15) is 22.0 Å². The van der Waals surface area contributed by atoms with E-state index in [9.17, 15) is 26.7 Å². The van der Waals surface area contributed by atoms with Gasteiger partial charge in [0, 0.05) is 22.9 Å². The summed E-state index contributed by atoms with van der Waals surface area (Å²) >= 11 is 0. The second kappa shape index (κ2) is 7.57. The third-order valence-corrected chi connectivity index (χ3v) is 4.88. The van der Waals surface area contributed by atoms with Gasteiger partial charge in [0.2, 0.25) is 5.91 Å². The molecule has 3 aromatic carbocycles. The van der Waals surface area contributed by atoms with Gasteiger partial charge >= 0.3 is 12.8 Å². The molecule has 4 rings (SSSR count). The lowest BCUT2D eigenvalue weighted by Crippen LogP contribution is -2.11. The number of nitrogens with zero attached hydrogens (tertiary/aromatic N) is 1. The number of rotatable bonds is 5. The number of aromatic nitrogens is 1. The van der Waals surface area contributed by atoms with Gasteiger partial charge in [0.15, 0.2) is 0 Å². The highest BCUT2D eigenvalue weighted by atomic mass is 19.4. The van der Waals surface area contributed by atoms with E-state index in [4.69, 9.17) is 5.73 Å². The van der Waals surface area contributed by atoms with E-state index in [-0.39, 0.29) is 23.4 Å². The van der Waals surface area contributed by atoms with E-state index in [1.54, 1.807) is 16.7 Å². The lowest BCUT2D eigenvalue weighted by Gasteiger charge is -2.11. The Kier molecular flexibility index (Phi) is 5.04. The number of carbonyl (C=O) groups is 1. The fourth-order valence-corrected chi connectivity index (χ4v) is 3.55. The van der Waals surface area contributed by atoms with Gasteiger partial charge in [0.25, 0.3) is 0 Å². The molecule has 4 nitrogen and oxygen atoms in total. The number of fused-ring (bicyclic) bond motifs is 3. The van der Waals surface area contributed by atoms with E-state index in [1.807, 2.05) is 0 Å². The monoisotopic (exact) mass is 433 g/mol. The number of primary amides is 1. The molecular formula is C22H14F5N2O2. The van der Waals surface area contributed by atoms with Crippen LogP contribution in [-0.4, -0.2) is 17.1 Å². The molecule has 4 aromatic rings. The molecule has 0 aliphatic heterocycles. The number of carbonyl (C=O) groups excluding carboxylic acids is 1. The van der Waals surface area contributed by atoms with Crippen molar-refractivity contribution in [3.8, 4) is 5.75 Å². The van der Waals surface area contributed by atoms with Gasteiger partial charge in [-0.1, -0.05) is 18.2 Å². The van der Waals surface area contributed by atoms with Gasteiger partial charge in [-0.05, 0) is 48.0 Å². The topological polar surface area (TPSA) is 57.2 Å². The molecule has 0 bridgehead atoms. The molecule has 0 spiro atoms. The maximum Gasteiger partial charge on any atom is 0.416 e. The Labute approximate surface area is 172 Å². The smallest absolute Gasteiger partial charge is 0.416 e. The van der Waals surface area contributed by atoms with Crippen LogP contribution in [0.4, 0.5) is 22.0 Å². The Morgan fingerprint density at radius 3 is 2.42 bits per heavy atom. The fraction of sp³-hybridized carbons (Fsp3) is 0.136. The Hall–Kier alpha value is -3.62. The number of ether oxygens (including phenoxy) is 1. The van der Waals surface area contributed by atoms with E-state index < -0.39 is 24.3 Å². The standard InChI is InChI=1S/C22H14F5N2O2/c23-21(24)31-14-7-4-12(5-8-14)11-29-17-3-1-2-16(20(28)30)19(17)15-9-6-13(10-18(15)29)22(25,26)27/h1-8,10,21H,11H2,(H2,28,30). The minimum absolute atomic E-state index is 0.0373. The second-order valence-corrected chi connectivity index (χ2v) is 6.82. The summed E-state index contributed by atoms with van der Waals surface area (Å²) in [4.78, 5) is 11.9. The zero-order valence-electron chi connectivity index (χ0n) is 15.7. The highest BCUT2D eigenvalue weighted by Gasteiger charge is 2.31. The predicted molar refractivity (Wildman–Crippen MR) is 104 cm³/mol. The normalized spacial score (nSPS) is 12.1. The van der Waals surface area contributed by atoms with Crippen LogP contribution < -0.4 is 10.5 Å². The van der Waals surface area contributed by atoms with Crippen molar-refractivity contribution in [2.45, 2.75) is 19.3 Å². The molecule has 1 radical (unpaired) electrons. The van der Waals surface area contributed by atoms with Crippen LogP contribution in [0, 0.1) is 6.07 Å². The highest BCUT2D eigenvalue weighted by molar-refractivity contribution is 6.17. The molecule has 159 valence electrons. The summed E-state index contributed by atoms with van der Waals surface area (Å²) in [5, 5.41) is 0.728. The molecule has 0 saturated heterocycles. The number of hydrogen-bond donors (Lipinski definition) is 1. The van der Waals surface area contributed by atoms with Crippen LogP contribution >= 0.6 is 0 Å². The maximum atomic E-state index is 13.3. The first-order valence-corrected chi connectivity index (χ1v) is 9.02. The zero-order valence-corrected chi connectivity index (χ0v) is 15.7. The van der Waals surface area contributed by atoms with Crippen molar-refractivity contribution in [2.24, 2.45) is 5.73 Å². The molecule has 2 N–H and O–H groups in total. The third kappa shape index (κ3) is 3.90. The molecule has 1 heterocycles. The molecule has 1 aromatic heterocycles. The average molecular weight is 433 g/mol. The van der Waals surface area contributed by atoms with Gasteiger partial charge in [0.1, 0.15) is 5.75 Å². The fourth-order valence-electron chi connectivity index (χ4n) is 3.55. The van der Waals surface area contributed by atoms with E-state index in [0.29, 0.717) is 21.9 Å². The summed E-state index contributed by atoms with van der Waals surface area (Å²) < 4.78 is 70.6. The summed E-state index contributed by atoms with van der Waals surface area (Å²) in [6, 6.07) is 15.0. The average Bonchev–Trinajstić information content (AvgIpc) is 3.01. The largest absolute Gasteiger partial charge is 0.435 e. The first-order chi connectivity index (χ1) is 14.6. The number of nitrogens with two attached hydrogens (primary N) is 1. The molecule has 0 unspecified atom stereocenters. The number of halogens is 5. The van der Waals surface area contributed by atoms with Crippen molar-refractivity contribution in [1.29, 1.82) is 0 Å². The zero-order chi connectivity index (χ0) is 22.3. The minimum Gasteiger partial charge on any atom is -0.435 e. The minimum atomic E-state index is -4.58. The molecule has 31 heavy (non-hydrogen) atoms. The first-order valence-electron chi connectivity index (χ1n) is 9.02. The van der Waals surface area contributed by atoms with Gasteiger partial charge in [-0.15, -0.1) is 0 Å². The second-order valence-electron chi connectivity index (χ2n) is 6.82. The molecule has 9 heteroatoms. The maximum absolute atomic E-state index is 13.3. The Morgan fingerprint density at radius 1 is 1.10 bits per heavy atom. The number of benzene rings is 3. The Bertz CT molecular complexity index is 1280. The quantitative estimate of drug-likeness (QED) is 0.431. The lowest BCUT2D eigenvalue weighted by molar-refractivity contribution is -0.137. The summed E-state index contributed by atoms with van der Waals surface area (Å²) in [6.45, 7) is -2.85. The van der Waals surface area contributed by atoms with E-state index in [0.717, 1.165) is 12.1 Å². The van der Waals surface area contributed by atoms with Crippen LogP contribution in [0.5, 0.6) is 5.75 Å². The van der Waals surface area contributed by atoms with Gasteiger partial charge in [0.05, 0.1) is 16.6 Å². The molecule has 1 amide bonds. The number of hydrogen-bond acceptors (Lipinski definition) is 2. The van der Waals surface area contributed by atoms with Crippen LogP contribution in [0.3, 0.4) is 0 Å². The van der Waals surface area contributed by atoms with Crippen LogP contribution in [0.2, 0.25) is 0 Å². The van der Waals surface area contributed by atoms with Crippen molar-refractivity contribution in [3.05, 3.63) is 77.4 Å². The molecule has 0 aliphatic carbocycles. The molecule has 0 saturated carbocycles. The Morgan fingerprint density at radius 2 is 1.81 bits per heavy atom. The van der Waals surface area contributed by atoms with Gasteiger partial charge in [-0.3, -0.25) is 4.79 Å².